The Balaban J connectivity index is 0.000000709. The van der Waals surface area contributed by atoms with Crippen molar-refractivity contribution in [1.82, 2.24) is 4.90 Å². The number of nitrogens with zero attached hydrogens (tertiary/aromatic N) is 2. The predicted octanol–water partition coefficient (Wildman–Crippen LogP) is 4.06. The zero-order valence-electron chi connectivity index (χ0n) is 18.4. The SMILES string of the molecule is Cc1c(-c2ccccc2)oc2c(C(=O)OCCN3CCCCC3)cccc2c1=O.O=[N+]([O-])O. The Morgan fingerprint density at radius 1 is 1.12 bits per heavy atom. The van der Waals surface area contributed by atoms with E-state index in [0.29, 0.717) is 23.3 Å². The van der Waals surface area contributed by atoms with Gasteiger partial charge in [0.25, 0.3) is 5.09 Å². The van der Waals surface area contributed by atoms with Crippen LogP contribution in [-0.4, -0.2) is 47.4 Å². The maximum Gasteiger partial charge on any atom is 0.342 e. The zero-order chi connectivity index (χ0) is 23.8. The molecule has 0 aliphatic carbocycles. The zero-order valence-corrected chi connectivity index (χ0v) is 18.4. The Morgan fingerprint density at radius 2 is 1.79 bits per heavy atom. The van der Waals surface area contributed by atoms with Gasteiger partial charge in [-0.15, -0.1) is 10.1 Å². The molecule has 1 fully saturated rings. The Bertz CT molecular complexity index is 1160. The number of hydrogen-bond donors (Lipinski definition) is 1. The summed E-state index contributed by atoms with van der Waals surface area (Å²) in [5, 5.41) is 14.0. The lowest BCUT2D eigenvalue weighted by atomic mass is 10.0. The van der Waals surface area contributed by atoms with Gasteiger partial charge in [-0.1, -0.05) is 42.8 Å². The standard InChI is InChI=1S/C24H25NO4.HNO3/c1-17-21(26)19-11-8-12-20(23(19)29-22(17)18-9-4-2-5-10-18)24(27)28-16-15-25-13-6-3-7-14-25;2-1(3)4/h2,4-5,8-12H,3,6-7,13-16H2,1H3;(H,2,3,4). The Morgan fingerprint density at radius 3 is 2.45 bits per heavy atom. The highest BCUT2D eigenvalue weighted by molar-refractivity contribution is 6.02. The highest BCUT2D eigenvalue weighted by Gasteiger charge is 2.19. The summed E-state index contributed by atoms with van der Waals surface area (Å²) < 4.78 is 11.6. The molecule has 0 bridgehead atoms. The average molecular weight is 454 g/mol. The maximum atomic E-state index is 12.9. The molecule has 0 saturated carbocycles. The molecule has 1 aliphatic rings. The van der Waals surface area contributed by atoms with Crippen LogP contribution < -0.4 is 5.43 Å². The van der Waals surface area contributed by atoms with Crippen LogP contribution in [0, 0.1) is 17.0 Å². The lowest BCUT2D eigenvalue weighted by Gasteiger charge is -2.25. The summed E-state index contributed by atoms with van der Waals surface area (Å²) in [6, 6.07) is 14.5. The first-order valence-electron chi connectivity index (χ1n) is 10.7. The van der Waals surface area contributed by atoms with Crippen molar-refractivity contribution in [2.75, 3.05) is 26.2 Å². The van der Waals surface area contributed by atoms with Crippen LogP contribution in [-0.2, 0) is 4.74 Å². The molecule has 3 aromatic rings. The van der Waals surface area contributed by atoms with Crippen molar-refractivity contribution < 1.29 is 24.2 Å². The van der Waals surface area contributed by atoms with E-state index in [1.165, 1.54) is 19.3 Å². The average Bonchev–Trinajstić information content (AvgIpc) is 2.82. The largest absolute Gasteiger partial charge is 0.461 e. The summed E-state index contributed by atoms with van der Waals surface area (Å²) in [4.78, 5) is 36.3. The number of fused-ring (bicyclic) bond motifs is 1. The number of carbonyl (C=O) groups excluding carboxylic acids is 1. The molecule has 2 aromatic carbocycles. The lowest BCUT2D eigenvalue weighted by molar-refractivity contribution is -0.742. The van der Waals surface area contributed by atoms with Crippen molar-refractivity contribution in [3.63, 3.8) is 0 Å². The first kappa shape index (κ1) is 23.9. The molecule has 0 radical (unpaired) electrons. The van der Waals surface area contributed by atoms with Crippen LogP contribution in [0.15, 0.2) is 57.7 Å². The second-order valence-corrected chi connectivity index (χ2v) is 7.71. The highest BCUT2D eigenvalue weighted by Crippen LogP contribution is 2.27. The molecule has 174 valence electrons. The maximum absolute atomic E-state index is 12.9. The van der Waals surface area contributed by atoms with Crippen molar-refractivity contribution in [3.05, 3.63) is 80.0 Å². The summed E-state index contributed by atoms with van der Waals surface area (Å²) in [5.41, 5.74) is 1.77. The quantitative estimate of drug-likeness (QED) is 0.348. The molecule has 0 unspecified atom stereocenters. The van der Waals surface area contributed by atoms with Crippen LogP contribution >= 0.6 is 0 Å². The van der Waals surface area contributed by atoms with Gasteiger partial charge in [-0.05, 0) is 45.0 Å². The molecule has 0 spiro atoms. The third-order valence-corrected chi connectivity index (χ3v) is 5.49. The minimum Gasteiger partial charge on any atom is -0.461 e. The van der Waals surface area contributed by atoms with Crippen LogP contribution in [0.25, 0.3) is 22.3 Å². The van der Waals surface area contributed by atoms with Crippen LogP contribution in [0.5, 0.6) is 0 Å². The number of ether oxygens (including phenoxy) is 1. The van der Waals surface area contributed by atoms with E-state index >= 15 is 0 Å². The van der Waals surface area contributed by atoms with E-state index in [4.69, 9.17) is 24.5 Å². The Labute approximate surface area is 190 Å². The van der Waals surface area contributed by atoms with Gasteiger partial charge >= 0.3 is 5.97 Å². The van der Waals surface area contributed by atoms with Crippen LogP contribution in [0.1, 0.15) is 35.2 Å². The third kappa shape index (κ3) is 6.17. The number of carbonyl (C=O) groups is 1. The van der Waals surface area contributed by atoms with Crippen LogP contribution in [0.3, 0.4) is 0 Å². The minimum atomic E-state index is -1.50. The molecule has 1 saturated heterocycles. The van der Waals surface area contributed by atoms with Crippen molar-refractivity contribution in [3.8, 4) is 11.3 Å². The van der Waals surface area contributed by atoms with Gasteiger partial charge in [0.05, 0.1) is 5.39 Å². The Kier molecular flexibility index (Phi) is 8.15. The molecule has 9 nitrogen and oxygen atoms in total. The van der Waals surface area contributed by atoms with E-state index in [2.05, 4.69) is 4.90 Å². The fraction of sp³-hybridized carbons (Fsp3) is 0.333. The van der Waals surface area contributed by atoms with Crippen LogP contribution in [0.4, 0.5) is 0 Å². The van der Waals surface area contributed by atoms with Gasteiger partial charge in [-0.2, -0.15) is 0 Å². The number of hydrogen-bond acceptors (Lipinski definition) is 7. The van der Waals surface area contributed by atoms with E-state index in [-0.39, 0.29) is 16.6 Å². The number of piperidine rings is 1. The summed E-state index contributed by atoms with van der Waals surface area (Å²) >= 11 is 0. The number of benzene rings is 2. The van der Waals surface area contributed by atoms with Crippen molar-refractivity contribution in [1.29, 1.82) is 0 Å². The smallest absolute Gasteiger partial charge is 0.342 e. The number of para-hydroxylation sites is 1. The fourth-order valence-electron chi connectivity index (χ4n) is 3.86. The minimum absolute atomic E-state index is 0.131. The second-order valence-electron chi connectivity index (χ2n) is 7.71. The molecule has 9 heteroatoms. The highest BCUT2D eigenvalue weighted by atomic mass is 16.9. The first-order chi connectivity index (χ1) is 15.9. The summed E-state index contributed by atoms with van der Waals surface area (Å²) in [6.45, 7) is 4.92. The first-order valence-corrected chi connectivity index (χ1v) is 10.7. The Hall–Kier alpha value is -3.72. The number of esters is 1. The molecule has 0 atom stereocenters. The summed E-state index contributed by atoms with van der Waals surface area (Å²) in [7, 11) is 0. The molecule has 1 N–H and O–H groups in total. The van der Waals surface area contributed by atoms with E-state index < -0.39 is 11.1 Å². The number of rotatable bonds is 5. The van der Waals surface area contributed by atoms with Gasteiger partial charge in [-0.25, -0.2) is 4.79 Å². The monoisotopic (exact) mass is 454 g/mol. The van der Waals surface area contributed by atoms with Gasteiger partial charge in [0.2, 0.25) is 0 Å². The van der Waals surface area contributed by atoms with Gasteiger partial charge in [0, 0.05) is 17.7 Å². The topological polar surface area (TPSA) is 123 Å². The molecule has 33 heavy (non-hydrogen) atoms. The molecule has 2 heterocycles. The molecule has 1 aromatic heterocycles. The van der Waals surface area contributed by atoms with Crippen molar-refractivity contribution in [2.24, 2.45) is 0 Å². The predicted molar refractivity (Wildman–Crippen MR) is 122 cm³/mol. The van der Waals surface area contributed by atoms with E-state index in [1.54, 1.807) is 25.1 Å². The summed E-state index contributed by atoms with van der Waals surface area (Å²) in [5.74, 6) is 0.0234. The second kappa shape index (κ2) is 11.2. The fourth-order valence-corrected chi connectivity index (χ4v) is 3.86. The van der Waals surface area contributed by atoms with Crippen LogP contribution in [0.2, 0.25) is 0 Å². The van der Waals surface area contributed by atoms with E-state index in [9.17, 15) is 9.59 Å². The molecular formula is C24H26N2O7. The van der Waals surface area contributed by atoms with Gasteiger partial charge in [-0.3, -0.25) is 9.69 Å². The molecule has 1 aliphatic heterocycles. The van der Waals surface area contributed by atoms with E-state index in [1.807, 2.05) is 30.3 Å². The molecule has 0 amide bonds. The lowest BCUT2D eigenvalue weighted by Crippen LogP contribution is -2.33. The van der Waals surface area contributed by atoms with Gasteiger partial charge in [0.1, 0.15) is 17.9 Å². The molecule has 4 rings (SSSR count). The number of likely N-dealkylation sites (tertiary alicyclic amines) is 1. The normalized spacial score (nSPS) is 13.7. The van der Waals surface area contributed by atoms with Gasteiger partial charge < -0.3 is 14.4 Å². The van der Waals surface area contributed by atoms with E-state index in [0.717, 1.165) is 25.2 Å². The molecular weight excluding hydrogens is 428 g/mol. The third-order valence-electron chi connectivity index (χ3n) is 5.49. The van der Waals surface area contributed by atoms with Crippen molar-refractivity contribution in [2.45, 2.75) is 26.2 Å². The summed E-state index contributed by atoms with van der Waals surface area (Å²) in [6.07, 6.45) is 3.67. The van der Waals surface area contributed by atoms with Crippen molar-refractivity contribution >= 4 is 16.9 Å². The van der Waals surface area contributed by atoms with Gasteiger partial charge in [0.15, 0.2) is 11.0 Å².